The van der Waals surface area contributed by atoms with E-state index in [4.69, 9.17) is 0 Å². The molecule has 0 aliphatic carbocycles. The van der Waals surface area contributed by atoms with E-state index in [0.717, 1.165) is 0 Å². The van der Waals surface area contributed by atoms with E-state index in [1.807, 2.05) is 12.2 Å². The largest absolute Gasteiger partial charge is 0.375 e. The van der Waals surface area contributed by atoms with E-state index in [0.29, 0.717) is 12.5 Å². The van der Waals surface area contributed by atoms with E-state index >= 15 is 0 Å². The molecule has 0 unspecified atom stereocenters. The summed E-state index contributed by atoms with van der Waals surface area (Å²) >= 11 is 0. The molecule has 1 radical (unpaired) electrons. The summed E-state index contributed by atoms with van der Waals surface area (Å²) in [6.45, 7) is 4.95. The third-order valence-electron chi connectivity index (χ3n) is 2.13. The molecule has 75 valence electrons. The molecule has 0 saturated heterocycles. The lowest BCUT2D eigenvalue weighted by Crippen LogP contribution is -1.86. The Bertz CT molecular complexity index is 283. The quantitative estimate of drug-likeness (QED) is 0.702. The van der Waals surface area contributed by atoms with Crippen LogP contribution < -0.4 is 0 Å². The van der Waals surface area contributed by atoms with Crippen LogP contribution in [0.15, 0.2) is 30.3 Å². The summed E-state index contributed by atoms with van der Waals surface area (Å²) in [5, 5.41) is 0. The molecule has 1 aromatic carbocycles. The van der Waals surface area contributed by atoms with Crippen LogP contribution in [0.1, 0.15) is 30.9 Å². The Labute approximate surface area is 86.4 Å². The maximum Gasteiger partial charge on any atom is 0.0704 e. The van der Waals surface area contributed by atoms with Crippen molar-refractivity contribution in [3.05, 3.63) is 48.6 Å². The van der Waals surface area contributed by atoms with Crippen molar-refractivity contribution < 1.29 is 4.74 Å². The number of rotatable bonds is 4. The van der Waals surface area contributed by atoms with Crippen LogP contribution in [-0.2, 0) is 4.74 Å². The van der Waals surface area contributed by atoms with Crippen LogP contribution >= 0.6 is 0 Å². The second-order valence-corrected chi connectivity index (χ2v) is 3.59. The van der Waals surface area contributed by atoms with Crippen LogP contribution in [0.5, 0.6) is 0 Å². The minimum Gasteiger partial charge on any atom is -0.375 e. The zero-order chi connectivity index (χ0) is 10.4. The summed E-state index contributed by atoms with van der Waals surface area (Å²) < 4.78 is 4.69. The van der Waals surface area contributed by atoms with E-state index in [-0.39, 0.29) is 0 Å². The van der Waals surface area contributed by atoms with Crippen molar-refractivity contribution in [3.63, 3.8) is 0 Å². The van der Waals surface area contributed by atoms with E-state index in [9.17, 15) is 0 Å². The predicted octanol–water partition coefficient (Wildman–Crippen LogP) is 3.63. The third-order valence-corrected chi connectivity index (χ3v) is 2.13. The summed E-state index contributed by atoms with van der Waals surface area (Å²) in [6, 6.07) is 8.56. The molecule has 1 heteroatoms. The molecule has 0 bridgehead atoms. The molecule has 1 nitrogen and oxygen atoms in total. The molecule has 0 N–H and O–H groups in total. The van der Waals surface area contributed by atoms with Gasteiger partial charge in [0.15, 0.2) is 0 Å². The summed E-state index contributed by atoms with van der Waals surface area (Å²) in [4.78, 5) is 0. The van der Waals surface area contributed by atoms with Gasteiger partial charge in [0, 0.05) is 0 Å². The minimum atomic E-state index is 0.561. The van der Waals surface area contributed by atoms with Crippen molar-refractivity contribution in [2.45, 2.75) is 19.8 Å². The zero-order valence-electron chi connectivity index (χ0n) is 8.86. The minimum absolute atomic E-state index is 0.561. The Hall–Kier alpha value is -1.08. The highest BCUT2D eigenvalue weighted by Gasteiger charge is 1.96. The highest BCUT2D eigenvalue weighted by molar-refractivity contribution is 5.49. The van der Waals surface area contributed by atoms with Gasteiger partial charge < -0.3 is 4.74 Å². The third kappa shape index (κ3) is 3.35. The van der Waals surface area contributed by atoms with Crippen LogP contribution in [0.2, 0.25) is 0 Å². The average Bonchev–Trinajstić information content (AvgIpc) is 2.19. The van der Waals surface area contributed by atoms with E-state index in [1.54, 1.807) is 0 Å². The van der Waals surface area contributed by atoms with Gasteiger partial charge in [0.05, 0.1) is 13.7 Å². The summed E-state index contributed by atoms with van der Waals surface area (Å²) in [5.74, 6) is 0.594. The SMILES string of the molecule is [CH2]OCC=Cc1ccc(C(C)C)cc1. The molecule has 0 aliphatic heterocycles. The van der Waals surface area contributed by atoms with Crippen molar-refractivity contribution >= 4 is 6.08 Å². The first kappa shape index (κ1) is 11.0. The van der Waals surface area contributed by atoms with Crippen molar-refractivity contribution in [1.82, 2.24) is 0 Å². The molecule has 0 atom stereocenters. The Morgan fingerprint density at radius 1 is 1.29 bits per heavy atom. The Balaban J connectivity index is 2.64. The van der Waals surface area contributed by atoms with Gasteiger partial charge >= 0.3 is 0 Å². The highest BCUT2D eigenvalue weighted by atomic mass is 16.5. The van der Waals surface area contributed by atoms with Gasteiger partial charge in [0.1, 0.15) is 0 Å². The second-order valence-electron chi connectivity index (χ2n) is 3.59. The van der Waals surface area contributed by atoms with E-state index in [1.165, 1.54) is 11.1 Å². The molecular formula is C13H17O. The molecule has 1 aromatic rings. The predicted molar refractivity (Wildman–Crippen MR) is 60.9 cm³/mol. The normalized spacial score (nSPS) is 11.4. The van der Waals surface area contributed by atoms with E-state index in [2.05, 4.69) is 50.0 Å². The number of ether oxygens (including phenoxy) is 1. The number of hydrogen-bond acceptors (Lipinski definition) is 1. The lowest BCUT2D eigenvalue weighted by atomic mass is 10.0. The summed E-state index contributed by atoms with van der Waals surface area (Å²) in [7, 11) is 3.30. The summed E-state index contributed by atoms with van der Waals surface area (Å²) in [5.41, 5.74) is 2.57. The van der Waals surface area contributed by atoms with Gasteiger partial charge in [-0.1, -0.05) is 50.3 Å². The first-order valence-corrected chi connectivity index (χ1v) is 4.87. The zero-order valence-corrected chi connectivity index (χ0v) is 8.86. The molecule has 0 amide bonds. The number of benzene rings is 1. The molecule has 0 fully saturated rings. The van der Waals surface area contributed by atoms with Crippen molar-refractivity contribution in [1.29, 1.82) is 0 Å². The molecule has 0 aromatic heterocycles. The first-order chi connectivity index (χ1) is 6.74. The molecule has 0 heterocycles. The molecule has 14 heavy (non-hydrogen) atoms. The van der Waals surface area contributed by atoms with Gasteiger partial charge in [-0.15, -0.1) is 0 Å². The smallest absolute Gasteiger partial charge is 0.0704 e. The second kappa shape index (κ2) is 5.61. The molecule has 0 saturated carbocycles. The van der Waals surface area contributed by atoms with Crippen LogP contribution in [0.25, 0.3) is 6.08 Å². The Morgan fingerprint density at radius 2 is 1.93 bits per heavy atom. The van der Waals surface area contributed by atoms with Gasteiger partial charge in [-0.2, -0.15) is 0 Å². The van der Waals surface area contributed by atoms with Crippen molar-refractivity contribution in [2.75, 3.05) is 6.61 Å². The van der Waals surface area contributed by atoms with Gasteiger partial charge in [-0.3, -0.25) is 0 Å². The van der Waals surface area contributed by atoms with Crippen molar-refractivity contribution in [2.24, 2.45) is 0 Å². The lowest BCUT2D eigenvalue weighted by Gasteiger charge is -2.04. The average molecular weight is 189 g/mol. The fourth-order valence-corrected chi connectivity index (χ4v) is 1.24. The molecular weight excluding hydrogens is 172 g/mol. The molecule has 1 rings (SSSR count). The van der Waals surface area contributed by atoms with E-state index < -0.39 is 0 Å². The van der Waals surface area contributed by atoms with Crippen LogP contribution in [0.4, 0.5) is 0 Å². The van der Waals surface area contributed by atoms with Crippen LogP contribution in [0.3, 0.4) is 0 Å². The van der Waals surface area contributed by atoms with Gasteiger partial charge in [0.25, 0.3) is 0 Å². The maximum absolute atomic E-state index is 4.69. The molecule has 0 spiro atoms. The van der Waals surface area contributed by atoms with Gasteiger partial charge in [0.2, 0.25) is 0 Å². The number of hydrogen-bond donors (Lipinski definition) is 0. The lowest BCUT2D eigenvalue weighted by molar-refractivity contribution is 0.282. The summed E-state index contributed by atoms with van der Waals surface area (Å²) in [6.07, 6.45) is 3.99. The highest BCUT2D eigenvalue weighted by Crippen LogP contribution is 2.15. The standard InChI is InChI=1S/C13H17O/c1-11(2)13-8-6-12(7-9-13)5-4-10-14-3/h4-9,11H,3,10H2,1-2H3. The molecule has 0 aliphatic rings. The van der Waals surface area contributed by atoms with Crippen LogP contribution in [0, 0.1) is 7.11 Å². The maximum atomic E-state index is 4.69. The Kier molecular flexibility index (Phi) is 4.41. The fraction of sp³-hybridized carbons (Fsp3) is 0.308. The van der Waals surface area contributed by atoms with Gasteiger partial charge in [-0.25, -0.2) is 0 Å². The van der Waals surface area contributed by atoms with Crippen LogP contribution in [-0.4, -0.2) is 6.61 Å². The van der Waals surface area contributed by atoms with Crippen molar-refractivity contribution in [3.8, 4) is 0 Å². The topological polar surface area (TPSA) is 9.23 Å². The van der Waals surface area contributed by atoms with Gasteiger partial charge in [-0.05, 0) is 17.0 Å². The first-order valence-electron chi connectivity index (χ1n) is 4.87. The monoisotopic (exact) mass is 189 g/mol. The Morgan fingerprint density at radius 3 is 2.43 bits per heavy atom. The fourth-order valence-electron chi connectivity index (χ4n) is 1.24.